The Morgan fingerprint density at radius 1 is 1.39 bits per heavy atom. The fourth-order valence-electron chi connectivity index (χ4n) is 1.76. The molecule has 1 aliphatic rings. The predicted molar refractivity (Wildman–Crippen MR) is 59.5 cm³/mol. The van der Waals surface area contributed by atoms with Crippen molar-refractivity contribution in [1.82, 2.24) is 0 Å². The molecule has 1 fully saturated rings. The van der Waals surface area contributed by atoms with Crippen molar-refractivity contribution in [2.24, 2.45) is 0 Å². The number of benzene rings is 1. The number of alkyl halides is 3. The number of halogens is 3. The van der Waals surface area contributed by atoms with Crippen LogP contribution in [0.1, 0.15) is 18.4 Å². The summed E-state index contributed by atoms with van der Waals surface area (Å²) in [5.74, 6) is 0. The Kier molecular flexibility index (Phi) is 2.71. The molecule has 0 atom stereocenters. The fourth-order valence-corrected chi connectivity index (χ4v) is 1.76. The van der Waals surface area contributed by atoms with E-state index in [0.29, 0.717) is 5.56 Å². The van der Waals surface area contributed by atoms with E-state index in [1.54, 1.807) is 13.0 Å². The molecule has 2 rings (SSSR count). The van der Waals surface area contributed by atoms with Crippen LogP contribution in [0.15, 0.2) is 18.2 Å². The minimum atomic E-state index is -4.40. The van der Waals surface area contributed by atoms with Crippen molar-refractivity contribution in [1.29, 1.82) is 0 Å². The highest BCUT2D eigenvalue weighted by atomic mass is 19.4. The van der Waals surface area contributed by atoms with Gasteiger partial charge >= 0.3 is 6.18 Å². The van der Waals surface area contributed by atoms with E-state index in [1.807, 2.05) is 0 Å². The molecule has 0 bridgehead atoms. The van der Waals surface area contributed by atoms with Gasteiger partial charge < -0.3 is 5.32 Å². The van der Waals surface area contributed by atoms with Crippen molar-refractivity contribution in [3.63, 3.8) is 0 Å². The third-order valence-electron chi connectivity index (χ3n) is 3.02. The predicted octanol–water partition coefficient (Wildman–Crippen LogP) is 3.41. The molecule has 98 valence electrons. The van der Waals surface area contributed by atoms with Crippen molar-refractivity contribution >= 4 is 11.4 Å². The van der Waals surface area contributed by atoms with E-state index in [1.165, 1.54) is 12.1 Å². The van der Waals surface area contributed by atoms with Gasteiger partial charge in [-0.1, -0.05) is 6.07 Å². The van der Waals surface area contributed by atoms with E-state index < -0.39 is 16.6 Å². The summed E-state index contributed by atoms with van der Waals surface area (Å²) in [5, 5.41) is 13.1. The number of hydrogen-bond acceptors (Lipinski definition) is 3. The fraction of sp³-hybridized carbons (Fsp3) is 0.455. The Bertz CT molecular complexity index is 496. The second-order valence-corrected chi connectivity index (χ2v) is 4.48. The number of nitro benzene ring substituents is 1. The van der Waals surface area contributed by atoms with Crippen molar-refractivity contribution in [2.75, 3.05) is 5.32 Å². The van der Waals surface area contributed by atoms with Crippen LogP contribution in [0, 0.1) is 17.0 Å². The van der Waals surface area contributed by atoms with Crippen LogP contribution in [-0.2, 0) is 0 Å². The molecule has 7 heteroatoms. The van der Waals surface area contributed by atoms with Gasteiger partial charge in [0.05, 0.1) is 4.92 Å². The van der Waals surface area contributed by atoms with E-state index in [0.717, 1.165) is 0 Å². The maximum absolute atomic E-state index is 12.8. The lowest BCUT2D eigenvalue weighted by atomic mass is 10.1. The molecule has 0 amide bonds. The molecule has 0 unspecified atom stereocenters. The van der Waals surface area contributed by atoms with Gasteiger partial charge in [-0.2, -0.15) is 13.2 Å². The van der Waals surface area contributed by atoms with Gasteiger partial charge in [-0.3, -0.25) is 10.1 Å². The molecular weight excluding hydrogens is 249 g/mol. The molecule has 0 radical (unpaired) electrons. The smallest absolute Gasteiger partial charge is 0.366 e. The molecule has 18 heavy (non-hydrogen) atoms. The highest BCUT2D eigenvalue weighted by molar-refractivity contribution is 5.64. The zero-order valence-electron chi connectivity index (χ0n) is 9.54. The van der Waals surface area contributed by atoms with Crippen LogP contribution in [0.4, 0.5) is 24.5 Å². The standard InChI is InChI=1S/C11H11F3N2O2/c1-7-2-3-8(9(6-7)16(17)18)15-10(4-5-10)11(12,13)14/h2-3,6,15H,4-5H2,1H3. The first-order chi connectivity index (χ1) is 8.25. The Labute approximate surface area is 101 Å². The molecule has 1 aromatic rings. The van der Waals surface area contributed by atoms with Gasteiger partial charge in [-0.25, -0.2) is 0 Å². The van der Waals surface area contributed by atoms with Crippen LogP contribution in [-0.4, -0.2) is 16.6 Å². The van der Waals surface area contributed by atoms with Gasteiger partial charge in [0.2, 0.25) is 0 Å². The van der Waals surface area contributed by atoms with Gasteiger partial charge in [0.1, 0.15) is 11.2 Å². The van der Waals surface area contributed by atoms with Crippen molar-refractivity contribution in [3.8, 4) is 0 Å². The van der Waals surface area contributed by atoms with Crippen LogP contribution < -0.4 is 5.32 Å². The molecule has 0 aliphatic heterocycles. The second-order valence-electron chi connectivity index (χ2n) is 4.48. The molecule has 1 aliphatic carbocycles. The summed E-state index contributed by atoms with van der Waals surface area (Å²) < 4.78 is 38.3. The lowest BCUT2D eigenvalue weighted by Gasteiger charge is -2.21. The van der Waals surface area contributed by atoms with Gasteiger partial charge in [-0.15, -0.1) is 0 Å². The number of nitro groups is 1. The minimum Gasteiger partial charge on any atom is -0.366 e. The topological polar surface area (TPSA) is 55.2 Å². The lowest BCUT2D eigenvalue weighted by Crippen LogP contribution is -2.38. The normalized spacial score (nSPS) is 17.3. The van der Waals surface area contributed by atoms with Crippen LogP contribution in [0.2, 0.25) is 0 Å². The third-order valence-corrected chi connectivity index (χ3v) is 3.02. The summed E-state index contributed by atoms with van der Waals surface area (Å²) in [7, 11) is 0. The first-order valence-electron chi connectivity index (χ1n) is 5.35. The van der Waals surface area contributed by atoms with E-state index in [4.69, 9.17) is 0 Å². The van der Waals surface area contributed by atoms with Gasteiger partial charge in [-0.05, 0) is 31.4 Å². The molecule has 0 saturated heterocycles. The average molecular weight is 260 g/mol. The molecule has 0 heterocycles. The maximum Gasteiger partial charge on any atom is 0.411 e. The maximum atomic E-state index is 12.8. The Morgan fingerprint density at radius 3 is 2.44 bits per heavy atom. The first kappa shape index (κ1) is 12.7. The molecule has 1 aromatic carbocycles. The summed E-state index contributed by atoms with van der Waals surface area (Å²) in [4.78, 5) is 10.1. The number of hydrogen-bond donors (Lipinski definition) is 1. The molecule has 4 nitrogen and oxygen atoms in total. The number of nitrogens with one attached hydrogen (secondary N) is 1. The Balaban J connectivity index is 2.33. The minimum absolute atomic E-state index is 0.0540. The number of anilines is 1. The monoisotopic (exact) mass is 260 g/mol. The highest BCUT2D eigenvalue weighted by Gasteiger charge is 2.63. The lowest BCUT2D eigenvalue weighted by molar-refractivity contribution is -0.384. The van der Waals surface area contributed by atoms with E-state index in [2.05, 4.69) is 5.32 Å². The van der Waals surface area contributed by atoms with Crippen LogP contribution in [0.25, 0.3) is 0 Å². The van der Waals surface area contributed by atoms with Crippen LogP contribution >= 0.6 is 0 Å². The van der Waals surface area contributed by atoms with Gasteiger partial charge in [0.25, 0.3) is 5.69 Å². The van der Waals surface area contributed by atoms with E-state index in [-0.39, 0.29) is 24.2 Å². The second kappa shape index (κ2) is 3.86. The van der Waals surface area contributed by atoms with E-state index >= 15 is 0 Å². The number of rotatable bonds is 3. The zero-order chi connectivity index (χ0) is 13.6. The van der Waals surface area contributed by atoms with Crippen LogP contribution in [0.5, 0.6) is 0 Å². The summed E-state index contributed by atoms with van der Waals surface area (Å²) in [6, 6.07) is 4.12. The zero-order valence-corrected chi connectivity index (χ0v) is 9.54. The first-order valence-corrected chi connectivity index (χ1v) is 5.35. The summed E-state index contributed by atoms with van der Waals surface area (Å²) in [5.41, 5.74) is -1.78. The summed E-state index contributed by atoms with van der Waals surface area (Å²) in [6.45, 7) is 1.65. The third kappa shape index (κ3) is 2.12. The molecule has 1 N–H and O–H groups in total. The molecule has 1 saturated carbocycles. The molecule has 0 aromatic heterocycles. The van der Waals surface area contributed by atoms with Crippen molar-refractivity contribution in [3.05, 3.63) is 33.9 Å². The average Bonchev–Trinajstić information content (AvgIpc) is 3.00. The van der Waals surface area contributed by atoms with E-state index in [9.17, 15) is 23.3 Å². The largest absolute Gasteiger partial charge is 0.411 e. The van der Waals surface area contributed by atoms with Crippen molar-refractivity contribution < 1.29 is 18.1 Å². The SMILES string of the molecule is Cc1ccc(NC2(C(F)(F)F)CC2)c([N+](=O)[O-])c1. The van der Waals surface area contributed by atoms with Crippen LogP contribution in [0.3, 0.4) is 0 Å². The van der Waals surface area contributed by atoms with Gasteiger partial charge in [0, 0.05) is 6.07 Å². The molecular formula is C11H11F3N2O2. The Morgan fingerprint density at radius 2 is 2.00 bits per heavy atom. The number of aryl methyl sites for hydroxylation is 1. The van der Waals surface area contributed by atoms with Crippen molar-refractivity contribution in [2.45, 2.75) is 31.5 Å². The summed E-state index contributed by atoms with van der Waals surface area (Å²) in [6.07, 6.45) is -4.51. The Hall–Kier alpha value is -1.79. The quantitative estimate of drug-likeness (QED) is 0.669. The molecule has 0 spiro atoms. The number of nitrogens with zero attached hydrogens (tertiary/aromatic N) is 1. The summed E-state index contributed by atoms with van der Waals surface area (Å²) >= 11 is 0. The van der Waals surface area contributed by atoms with Gasteiger partial charge in [0.15, 0.2) is 0 Å². The highest BCUT2D eigenvalue weighted by Crippen LogP contribution is 2.52.